The molecule has 0 spiro atoms. The first-order valence-corrected chi connectivity index (χ1v) is 10.1. The van der Waals surface area contributed by atoms with Crippen LogP contribution in [0, 0.1) is 5.82 Å². The third-order valence-corrected chi connectivity index (χ3v) is 5.68. The fourth-order valence-corrected chi connectivity index (χ4v) is 4.48. The minimum Gasteiger partial charge on any atom is -0.494 e. The van der Waals surface area contributed by atoms with Crippen LogP contribution >= 0.6 is 11.3 Å². The Hall–Kier alpha value is -2.87. The van der Waals surface area contributed by atoms with Gasteiger partial charge >= 0.3 is 0 Å². The highest BCUT2D eigenvalue weighted by Crippen LogP contribution is 2.38. The molecular formula is C20H19FN4O2S. The summed E-state index contributed by atoms with van der Waals surface area (Å²) in [7, 11) is 0. The number of hydrogen-bond donors (Lipinski definition) is 1. The highest BCUT2D eigenvalue weighted by molar-refractivity contribution is 7.22. The zero-order valence-electron chi connectivity index (χ0n) is 15.4. The second kappa shape index (κ2) is 6.63. The molecule has 5 rings (SSSR count). The van der Waals surface area contributed by atoms with E-state index in [2.05, 4.69) is 9.55 Å². The van der Waals surface area contributed by atoms with Crippen molar-refractivity contribution in [2.45, 2.75) is 26.3 Å². The van der Waals surface area contributed by atoms with Crippen LogP contribution in [0.4, 0.5) is 9.52 Å². The number of fused-ring (bicyclic) bond motifs is 1. The summed E-state index contributed by atoms with van der Waals surface area (Å²) in [6, 6.07) is 7.20. The van der Waals surface area contributed by atoms with Crippen LogP contribution in [0.15, 0.2) is 24.3 Å². The predicted octanol–water partition coefficient (Wildman–Crippen LogP) is 4.61. The molecule has 0 aliphatic carbocycles. The number of imidazole rings is 1. The molecule has 0 radical (unpaired) electrons. The Labute approximate surface area is 164 Å². The summed E-state index contributed by atoms with van der Waals surface area (Å²) >= 11 is 1.27. The van der Waals surface area contributed by atoms with Crippen molar-refractivity contribution in [2.24, 2.45) is 0 Å². The summed E-state index contributed by atoms with van der Waals surface area (Å²) in [4.78, 5) is 8.90. The van der Waals surface area contributed by atoms with Crippen LogP contribution in [0.3, 0.4) is 0 Å². The van der Waals surface area contributed by atoms with Gasteiger partial charge in [-0.3, -0.25) is 0 Å². The summed E-state index contributed by atoms with van der Waals surface area (Å²) in [6.07, 6.45) is 1.90. The molecule has 2 N–H and O–H groups in total. The summed E-state index contributed by atoms with van der Waals surface area (Å²) in [5.74, 6) is 1.79. The molecule has 0 atom stereocenters. The van der Waals surface area contributed by atoms with Gasteiger partial charge in [-0.25, -0.2) is 14.4 Å². The van der Waals surface area contributed by atoms with E-state index >= 15 is 0 Å². The largest absolute Gasteiger partial charge is 0.494 e. The monoisotopic (exact) mass is 398 g/mol. The number of nitrogens with zero attached hydrogens (tertiary/aromatic N) is 3. The normalized spacial score (nSPS) is 14.1. The van der Waals surface area contributed by atoms with E-state index in [0.29, 0.717) is 39.9 Å². The van der Waals surface area contributed by atoms with E-state index in [1.165, 1.54) is 17.4 Å². The van der Waals surface area contributed by atoms with Crippen molar-refractivity contribution in [1.29, 1.82) is 0 Å². The molecule has 0 saturated carbocycles. The van der Waals surface area contributed by atoms with Crippen LogP contribution in [0.25, 0.3) is 32.6 Å². The fourth-order valence-electron chi connectivity index (χ4n) is 3.69. The van der Waals surface area contributed by atoms with Crippen LogP contribution in [-0.2, 0) is 6.54 Å². The van der Waals surface area contributed by atoms with Gasteiger partial charge in [0.25, 0.3) is 0 Å². The van der Waals surface area contributed by atoms with Crippen LogP contribution in [0.2, 0.25) is 0 Å². The number of halogens is 1. The minimum atomic E-state index is -0.391. The third kappa shape index (κ3) is 2.75. The van der Waals surface area contributed by atoms with E-state index in [1.54, 1.807) is 0 Å². The zero-order chi connectivity index (χ0) is 19.3. The lowest BCUT2D eigenvalue weighted by molar-refractivity contribution is 0.294. The van der Waals surface area contributed by atoms with Crippen molar-refractivity contribution >= 4 is 37.7 Å². The molecule has 3 heterocycles. The lowest BCUT2D eigenvalue weighted by Gasteiger charge is -2.17. The predicted molar refractivity (Wildman–Crippen MR) is 109 cm³/mol. The zero-order valence-corrected chi connectivity index (χ0v) is 16.2. The van der Waals surface area contributed by atoms with E-state index < -0.39 is 5.82 Å². The topological polar surface area (TPSA) is 75.2 Å². The Morgan fingerprint density at radius 1 is 1.25 bits per heavy atom. The van der Waals surface area contributed by atoms with Crippen molar-refractivity contribution in [3.63, 3.8) is 0 Å². The van der Waals surface area contributed by atoms with Crippen molar-refractivity contribution in [3.8, 4) is 22.9 Å². The number of nitrogen functional groups attached to an aromatic ring is 1. The number of hydrogen-bond acceptors (Lipinski definition) is 6. The van der Waals surface area contributed by atoms with Gasteiger partial charge in [0.2, 0.25) is 0 Å². The second-order valence-corrected chi connectivity index (χ2v) is 7.78. The van der Waals surface area contributed by atoms with Gasteiger partial charge in [0.1, 0.15) is 28.4 Å². The number of ether oxygens (including phenoxy) is 2. The Morgan fingerprint density at radius 2 is 2.14 bits per heavy atom. The maximum Gasteiger partial charge on any atom is 0.181 e. The highest BCUT2D eigenvalue weighted by atomic mass is 32.1. The molecule has 6 nitrogen and oxygen atoms in total. The molecule has 1 aliphatic rings. The molecule has 0 fully saturated rings. The van der Waals surface area contributed by atoms with Gasteiger partial charge in [-0.2, -0.15) is 0 Å². The van der Waals surface area contributed by atoms with Crippen molar-refractivity contribution in [1.82, 2.24) is 14.5 Å². The summed E-state index contributed by atoms with van der Waals surface area (Å²) < 4.78 is 29.1. The van der Waals surface area contributed by atoms with Crippen LogP contribution < -0.4 is 15.2 Å². The van der Waals surface area contributed by atoms with E-state index in [4.69, 9.17) is 20.2 Å². The fraction of sp³-hybridized carbons (Fsp3) is 0.300. The lowest BCUT2D eigenvalue weighted by Crippen LogP contribution is -2.09. The smallest absolute Gasteiger partial charge is 0.181 e. The van der Waals surface area contributed by atoms with Crippen LogP contribution in [0.5, 0.6) is 11.5 Å². The van der Waals surface area contributed by atoms with Crippen LogP contribution in [-0.4, -0.2) is 27.7 Å². The molecule has 8 heteroatoms. The van der Waals surface area contributed by atoms with Gasteiger partial charge in [0, 0.05) is 24.2 Å². The number of nitrogens with two attached hydrogens (primary N) is 1. The van der Waals surface area contributed by atoms with Gasteiger partial charge in [0.05, 0.1) is 23.4 Å². The lowest BCUT2D eigenvalue weighted by atomic mass is 10.2. The van der Waals surface area contributed by atoms with Gasteiger partial charge in [-0.1, -0.05) is 11.3 Å². The maximum absolute atomic E-state index is 14.6. The molecular weight excluding hydrogens is 379 g/mol. The Morgan fingerprint density at radius 3 is 3.00 bits per heavy atom. The number of benzene rings is 2. The van der Waals surface area contributed by atoms with Crippen molar-refractivity contribution in [3.05, 3.63) is 30.1 Å². The van der Waals surface area contributed by atoms with E-state index in [1.807, 2.05) is 25.1 Å². The van der Waals surface area contributed by atoms with Gasteiger partial charge in [-0.15, -0.1) is 0 Å². The third-order valence-electron chi connectivity index (χ3n) is 4.85. The van der Waals surface area contributed by atoms with Crippen LogP contribution in [0.1, 0.15) is 19.8 Å². The summed E-state index contributed by atoms with van der Waals surface area (Å²) in [5, 5.41) is 0.353. The van der Waals surface area contributed by atoms with Gasteiger partial charge in [0.15, 0.2) is 10.9 Å². The molecule has 2 aromatic heterocycles. The Kier molecular flexibility index (Phi) is 4.08. The van der Waals surface area contributed by atoms with E-state index in [9.17, 15) is 4.39 Å². The number of aromatic nitrogens is 3. The molecule has 2 aromatic carbocycles. The Bertz CT molecular complexity index is 1200. The molecule has 28 heavy (non-hydrogen) atoms. The van der Waals surface area contributed by atoms with E-state index in [-0.39, 0.29) is 0 Å². The number of rotatable bonds is 3. The van der Waals surface area contributed by atoms with Gasteiger partial charge in [-0.05, 0) is 31.9 Å². The first-order chi connectivity index (χ1) is 13.6. The standard InChI is InChI=1S/C20H19FN4O2S/c1-2-26-12-9-14-18-15(10-12)27-6-4-3-5-25(18)19(23-14)11-7-13(21)17-16(8-11)28-20(22)24-17/h7-10H,2-6H2,1H3,(H2,22,24). The average Bonchev–Trinajstić information content (AvgIpc) is 3.19. The molecule has 144 valence electrons. The second-order valence-electron chi connectivity index (χ2n) is 6.72. The number of anilines is 1. The van der Waals surface area contributed by atoms with Gasteiger partial charge < -0.3 is 19.8 Å². The minimum absolute atomic E-state index is 0.303. The molecule has 0 amide bonds. The summed E-state index contributed by atoms with van der Waals surface area (Å²) in [5.41, 5.74) is 8.47. The number of thiazole rings is 1. The van der Waals surface area contributed by atoms with E-state index in [0.717, 1.165) is 41.9 Å². The van der Waals surface area contributed by atoms with Crippen molar-refractivity contribution in [2.75, 3.05) is 18.9 Å². The first kappa shape index (κ1) is 17.2. The first-order valence-electron chi connectivity index (χ1n) is 9.30. The molecule has 0 bridgehead atoms. The molecule has 4 aromatic rings. The SMILES string of the molecule is CCOc1cc2c3c(c1)nc(-c1cc(F)c4nc(N)sc4c1)n3CCCCO2. The molecule has 0 saturated heterocycles. The average molecular weight is 398 g/mol. The molecule has 0 unspecified atom stereocenters. The highest BCUT2D eigenvalue weighted by Gasteiger charge is 2.21. The quantitative estimate of drug-likeness (QED) is 0.546. The summed E-state index contributed by atoms with van der Waals surface area (Å²) in [6.45, 7) is 3.95. The molecule has 1 aliphatic heterocycles. The Balaban J connectivity index is 1.77. The van der Waals surface area contributed by atoms with Crippen molar-refractivity contribution < 1.29 is 13.9 Å². The maximum atomic E-state index is 14.6. The number of aryl methyl sites for hydroxylation is 1.